The maximum Gasteiger partial charge on any atom is 0.224 e. The van der Waals surface area contributed by atoms with Gasteiger partial charge in [-0.3, -0.25) is 4.79 Å². The Labute approximate surface area is 132 Å². The molecule has 1 heterocycles. The Morgan fingerprint density at radius 2 is 2.00 bits per heavy atom. The van der Waals surface area contributed by atoms with Crippen LogP contribution in [0, 0.1) is 0 Å². The van der Waals surface area contributed by atoms with Gasteiger partial charge in [0.25, 0.3) is 0 Å². The van der Waals surface area contributed by atoms with Crippen molar-refractivity contribution in [2.75, 3.05) is 25.9 Å². The first-order chi connectivity index (χ1) is 8.65. The van der Waals surface area contributed by atoms with Crippen LogP contribution < -0.4 is 11.1 Å². The van der Waals surface area contributed by atoms with E-state index in [-0.39, 0.29) is 30.7 Å². The molecule has 2 rings (SSSR count). The molecule has 0 spiro atoms. The molecule has 0 saturated carbocycles. The number of rotatable bonds is 4. The zero-order chi connectivity index (χ0) is 13.0. The van der Waals surface area contributed by atoms with E-state index in [1.807, 2.05) is 24.3 Å². The number of likely N-dealkylation sites (tertiary alicyclic amines) is 1. The second kappa shape index (κ2) is 9.06. The number of nitrogen functional groups attached to an aromatic ring is 1. The monoisotopic (exact) mass is 319 g/mol. The van der Waals surface area contributed by atoms with E-state index < -0.39 is 0 Å². The van der Waals surface area contributed by atoms with E-state index in [9.17, 15) is 4.79 Å². The number of anilines is 1. The number of nitrogens with two attached hydrogens (primary N) is 1. The molecule has 0 aliphatic carbocycles. The first kappa shape index (κ1) is 19.0. The summed E-state index contributed by atoms with van der Waals surface area (Å²) in [5.74, 6) is 0.0834. The van der Waals surface area contributed by atoms with Gasteiger partial charge in [0.15, 0.2) is 0 Å². The summed E-state index contributed by atoms with van der Waals surface area (Å²) in [7, 11) is 2.11. The highest BCUT2D eigenvalue weighted by atomic mass is 35.5. The fourth-order valence-electron chi connectivity index (χ4n) is 2.35. The quantitative estimate of drug-likeness (QED) is 0.833. The Hall–Kier alpha value is -0.970. The molecule has 1 aliphatic rings. The van der Waals surface area contributed by atoms with Gasteiger partial charge in [-0.05, 0) is 44.1 Å². The molecule has 0 aromatic heterocycles. The summed E-state index contributed by atoms with van der Waals surface area (Å²) in [4.78, 5) is 14.1. The van der Waals surface area contributed by atoms with Crippen LogP contribution in [0.3, 0.4) is 0 Å². The molecular formula is C14H23Cl2N3O. The summed E-state index contributed by atoms with van der Waals surface area (Å²) in [6, 6.07) is 7.95. The van der Waals surface area contributed by atoms with Crippen LogP contribution in [0.1, 0.15) is 18.4 Å². The molecule has 1 aromatic rings. The molecule has 1 amide bonds. The predicted octanol–water partition coefficient (Wildman–Crippen LogP) is 1.87. The van der Waals surface area contributed by atoms with Crippen molar-refractivity contribution in [3.8, 4) is 0 Å². The Morgan fingerprint density at radius 3 is 2.55 bits per heavy atom. The lowest BCUT2D eigenvalue weighted by Crippen LogP contribution is -2.38. The number of likely N-dealkylation sites (N-methyl/N-ethyl adjacent to an activating group) is 1. The standard InChI is InChI=1S/C14H21N3O.2ClH/c1-17-8-2-3-13(17)10-16-14(18)9-11-4-6-12(15)7-5-11;;/h4-7,13H,2-3,8-10,15H2,1H3,(H,16,18);2*1H. The Balaban J connectivity index is 0.00000180. The molecule has 1 fully saturated rings. The zero-order valence-corrected chi connectivity index (χ0v) is 13.3. The second-order valence-electron chi connectivity index (χ2n) is 5.00. The summed E-state index contributed by atoms with van der Waals surface area (Å²) in [6.07, 6.45) is 2.84. The largest absolute Gasteiger partial charge is 0.399 e. The molecule has 0 bridgehead atoms. The van der Waals surface area contributed by atoms with Gasteiger partial charge in [-0.15, -0.1) is 24.8 Å². The second-order valence-corrected chi connectivity index (χ2v) is 5.00. The van der Waals surface area contributed by atoms with E-state index in [0.717, 1.165) is 24.3 Å². The molecular weight excluding hydrogens is 297 g/mol. The summed E-state index contributed by atoms with van der Waals surface area (Å²) in [6.45, 7) is 1.89. The Morgan fingerprint density at radius 1 is 1.35 bits per heavy atom. The lowest BCUT2D eigenvalue weighted by Gasteiger charge is -2.19. The first-order valence-electron chi connectivity index (χ1n) is 6.46. The highest BCUT2D eigenvalue weighted by Gasteiger charge is 2.20. The van der Waals surface area contributed by atoms with Crippen molar-refractivity contribution < 1.29 is 4.79 Å². The molecule has 6 heteroatoms. The zero-order valence-electron chi connectivity index (χ0n) is 11.7. The van der Waals surface area contributed by atoms with Crippen LogP contribution in [0.4, 0.5) is 5.69 Å². The van der Waals surface area contributed by atoms with Gasteiger partial charge in [0.05, 0.1) is 6.42 Å². The van der Waals surface area contributed by atoms with Gasteiger partial charge >= 0.3 is 0 Å². The van der Waals surface area contributed by atoms with Crippen molar-refractivity contribution in [2.24, 2.45) is 0 Å². The molecule has 1 aromatic carbocycles. The summed E-state index contributed by atoms with van der Waals surface area (Å²) in [5.41, 5.74) is 7.34. The number of hydrogen-bond acceptors (Lipinski definition) is 3. The normalized spacial score (nSPS) is 17.9. The molecule has 1 atom stereocenters. The third-order valence-electron chi connectivity index (χ3n) is 3.55. The SMILES string of the molecule is CN1CCCC1CNC(=O)Cc1ccc(N)cc1.Cl.Cl. The number of amides is 1. The van der Waals surface area contributed by atoms with Crippen molar-refractivity contribution in [2.45, 2.75) is 25.3 Å². The van der Waals surface area contributed by atoms with Crippen LogP contribution in [-0.2, 0) is 11.2 Å². The molecule has 0 radical (unpaired) electrons. The van der Waals surface area contributed by atoms with E-state index in [0.29, 0.717) is 12.5 Å². The highest BCUT2D eigenvalue weighted by molar-refractivity contribution is 5.85. The maximum absolute atomic E-state index is 11.8. The van der Waals surface area contributed by atoms with E-state index in [2.05, 4.69) is 17.3 Å². The van der Waals surface area contributed by atoms with E-state index in [4.69, 9.17) is 5.73 Å². The van der Waals surface area contributed by atoms with Crippen molar-refractivity contribution >= 4 is 36.4 Å². The minimum atomic E-state index is 0. The molecule has 20 heavy (non-hydrogen) atoms. The molecule has 114 valence electrons. The van der Waals surface area contributed by atoms with E-state index in [1.165, 1.54) is 12.8 Å². The van der Waals surface area contributed by atoms with Crippen LogP contribution >= 0.6 is 24.8 Å². The highest BCUT2D eigenvalue weighted by Crippen LogP contribution is 2.13. The minimum absolute atomic E-state index is 0. The number of benzene rings is 1. The smallest absolute Gasteiger partial charge is 0.224 e. The van der Waals surface area contributed by atoms with Crippen LogP contribution in [-0.4, -0.2) is 37.0 Å². The van der Waals surface area contributed by atoms with Crippen LogP contribution in [0.2, 0.25) is 0 Å². The number of carbonyl (C=O) groups is 1. The third kappa shape index (κ3) is 5.57. The van der Waals surface area contributed by atoms with Crippen molar-refractivity contribution in [1.82, 2.24) is 10.2 Å². The molecule has 1 saturated heterocycles. The summed E-state index contributed by atoms with van der Waals surface area (Å²) < 4.78 is 0. The lowest BCUT2D eigenvalue weighted by molar-refractivity contribution is -0.120. The predicted molar refractivity (Wildman–Crippen MR) is 87.7 cm³/mol. The third-order valence-corrected chi connectivity index (χ3v) is 3.55. The van der Waals surface area contributed by atoms with Gasteiger partial charge in [0, 0.05) is 18.3 Å². The fourth-order valence-corrected chi connectivity index (χ4v) is 2.35. The van der Waals surface area contributed by atoms with Crippen LogP contribution in [0.25, 0.3) is 0 Å². The number of hydrogen-bond donors (Lipinski definition) is 2. The number of carbonyl (C=O) groups excluding carboxylic acids is 1. The minimum Gasteiger partial charge on any atom is -0.399 e. The van der Waals surface area contributed by atoms with Crippen molar-refractivity contribution in [3.05, 3.63) is 29.8 Å². The summed E-state index contributed by atoms with van der Waals surface area (Å²) in [5, 5.41) is 3.01. The van der Waals surface area contributed by atoms with Gasteiger partial charge in [0.2, 0.25) is 5.91 Å². The lowest BCUT2D eigenvalue weighted by atomic mass is 10.1. The molecule has 4 nitrogen and oxygen atoms in total. The maximum atomic E-state index is 11.8. The van der Waals surface area contributed by atoms with Crippen LogP contribution in [0.5, 0.6) is 0 Å². The summed E-state index contributed by atoms with van der Waals surface area (Å²) >= 11 is 0. The average Bonchev–Trinajstić information content (AvgIpc) is 2.75. The molecule has 1 unspecified atom stereocenters. The van der Waals surface area contributed by atoms with Crippen molar-refractivity contribution in [1.29, 1.82) is 0 Å². The van der Waals surface area contributed by atoms with Gasteiger partial charge in [0.1, 0.15) is 0 Å². The topological polar surface area (TPSA) is 58.4 Å². The molecule has 1 aliphatic heterocycles. The Kier molecular flexibility index (Phi) is 8.62. The van der Waals surface area contributed by atoms with Gasteiger partial charge in [-0.25, -0.2) is 0 Å². The number of halogens is 2. The van der Waals surface area contributed by atoms with E-state index in [1.54, 1.807) is 0 Å². The van der Waals surface area contributed by atoms with E-state index >= 15 is 0 Å². The van der Waals surface area contributed by atoms with Crippen LogP contribution in [0.15, 0.2) is 24.3 Å². The Bertz CT molecular complexity index is 411. The number of nitrogens with one attached hydrogen (secondary N) is 1. The van der Waals surface area contributed by atoms with Crippen molar-refractivity contribution in [3.63, 3.8) is 0 Å². The van der Waals surface area contributed by atoms with Gasteiger partial charge in [-0.2, -0.15) is 0 Å². The first-order valence-corrected chi connectivity index (χ1v) is 6.46. The molecule has 3 N–H and O–H groups in total. The number of nitrogens with zero attached hydrogens (tertiary/aromatic N) is 1. The fraction of sp³-hybridized carbons (Fsp3) is 0.500. The van der Waals surface area contributed by atoms with Gasteiger partial charge < -0.3 is 16.0 Å². The average molecular weight is 320 g/mol. The van der Waals surface area contributed by atoms with Gasteiger partial charge in [-0.1, -0.05) is 12.1 Å².